The molecule has 0 unspecified atom stereocenters. The maximum atomic E-state index is 14.4. The number of aryl methyl sites for hydroxylation is 1. The van der Waals surface area contributed by atoms with E-state index in [0.29, 0.717) is 45.6 Å². The van der Waals surface area contributed by atoms with Gasteiger partial charge >= 0.3 is 0 Å². The van der Waals surface area contributed by atoms with E-state index in [4.69, 9.17) is 4.74 Å². The minimum absolute atomic E-state index is 0.316. The highest BCUT2D eigenvalue weighted by Gasteiger charge is 2.33. The zero-order valence-electron chi connectivity index (χ0n) is 12.5. The third kappa shape index (κ3) is 5.01. The summed E-state index contributed by atoms with van der Waals surface area (Å²) in [7, 11) is 0. The molecule has 1 amide bonds. The van der Waals surface area contributed by atoms with Crippen molar-refractivity contribution in [1.29, 1.82) is 0 Å². The molecule has 1 fully saturated rings. The molecule has 1 heterocycles. The lowest BCUT2D eigenvalue weighted by atomic mass is 9.93. The van der Waals surface area contributed by atoms with Gasteiger partial charge < -0.3 is 15.0 Å². The zero-order chi connectivity index (χ0) is 15.1. The molecule has 5 heteroatoms. The fourth-order valence-corrected chi connectivity index (χ4v) is 2.47. The van der Waals surface area contributed by atoms with Crippen molar-refractivity contribution in [3.05, 3.63) is 29.8 Å². The van der Waals surface area contributed by atoms with Crippen molar-refractivity contribution in [2.75, 3.05) is 32.8 Å². The van der Waals surface area contributed by atoms with Crippen molar-refractivity contribution >= 4 is 6.41 Å². The molecule has 2 rings (SSSR count). The summed E-state index contributed by atoms with van der Waals surface area (Å²) in [6, 6.07) is 7.86. The van der Waals surface area contributed by atoms with Crippen LogP contribution < -0.4 is 10.1 Å². The second-order valence-corrected chi connectivity index (χ2v) is 5.63. The fraction of sp³-hybridized carbons (Fsp3) is 0.562. The van der Waals surface area contributed by atoms with Gasteiger partial charge in [-0.25, -0.2) is 4.39 Å². The van der Waals surface area contributed by atoms with E-state index in [9.17, 15) is 9.18 Å². The highest BCUT2D eigenvalue weighted by Crippen LogP contribution is 2.25. The van der Waals surface area contributed by atoms with Crippen molar-refractivity contribution in [2.24, 2.45) is 0 Å². The van der Waals surface area contributed by atoms with Crippen molar-refractivity contribution in [2.45, 2.75) is 25.4 Å². The van der Waals surface area contributed by atoms with E-state index in [2.05, 4.69) is 5.32 Å². The van der Waals surface area contributed by atoms with E-state index in [0.717, 1.165) is 17.7 Å². The first-order valence-electron chi connectivity index (χ1n) is 7.40. The first-order chi connectivity index (χ1) is 10.1. The molecule has 1 aliphatic heterocycles. The smallest absolute Gasteiger partial charge is 0.209 e. The summed E-state index contributed by atoms with van der Waals surface area (Å²) in [4.78, 5) is 12.2. The maximum Gasteiger partial charge on any atom is 0.209 e. The Morgan fingerprint density at radius 1 is 1.43 bits per heavy atom. The van der Waals surface area contributed by atoms with Gasteiger partial charge in [-0.2, -0.15) is 0 Å². The molecular formula is C16H23FN2O2. The van der Waals surface area contributed by atoms with E-state index in [1.54, 1.807) is 4.90 Å². The van der Waals surface area contributed by atoms with Gasteiger partial charge in [-0.1, -0.05) is 12.1 Å². The second-order valence-electron chi connectivity index (χ2n) is 5.63. The Balaban J connectivity index is 1.62. The van der Waals surface area contributed by atoms with Crippen LogP contribution in [-0.2, 0) is 4.79 Å². The minimum Gasteiger partial charge on any atom is -0.492 e. The number of rotatable bonds is 7. The molecule has 21 heavy (non-hydrogen) atoms. The first-order valence-corrected chi connectivity index (χ1v) is 7.40. The number of benzene rings is 1. The van der Waals surface area contributed by atoms with Gasteiger partial charge in [0.05, 0.1) is 0 Å². The average molecular weight is 294 g/mol. The summed E-state index contributed by atoms with van der Waals surface area (Å²) in [5.41, 5.74) is -0.0480. The van der Waals surface area contributed by atoms with E-state index in [1.807, 2.05) is 31.2 Å². The Morgan fingerprint density at radius 3 is 2.86 bits per heavy atom. The van der Waals surface area contributed by atoms with Crippen LogP contribution in [0.15, 0.2) is 24.3 Å². The molecule has 1 aromatic rings. The van der Waals surface area contributed by atoms with Crippen LogP contribution in [0.4, 0.5) is 4.39 Å². The fourth-order valence-electron chi connectivity index (χ4n) is 2.47. The molecule has 0 aliphatic carbocycles. The van der Waals surface area contributed by atoms with Crippen molar-refractivity contribution < 1.29 is 13.9 Å². The number of ether oxygens (including phenoxy) is 1. The normalized spacial score (nSPS) is 17.5. The number of carbonyl (C=O) groups excluding carboxylic acids is 1. The molecule has 0 saturated carbocycles. The molecule has 1 aliphatic rings. The van der Waals surface area contributed by atoms with Gasteiger partial charge in [0.25, 0.3) is 0 Å². The molecular weight excluding hydrogens is 271 g/mol. The van der Waals surface area contributed by atoms with Gasteiger partial charge in [0.15, 0.2) is 0 Å². The molecule has 116 valence electrons. The van der Waals surface area contributed by atoms with Crippen LogP contribution in [-0.4, -0.2) is 49.8 Å². The molecule has 1 aromatic carbocycles. The Kier molecular flexibility index (Phi) is 5.56. The minimum atomic E-state index is -1.21. The van der Waals surface area contributed by atoms with Gasteiger partial charge in [-0.3, -0.25) is 4.79 Å². The van der Waals surface area contributed by atoms with E-state index in [-0.39, 0.29) is 0 Å². The molecule has 4 nitrogen and oxygen atoms in total. The molecule has 0 spiro atoms. The number of likely N-dealkylation sites (tertiary alicyclic amines) is 1. The summed E-state index contributed by atoms with van der Waals surface area (Å²) in [6.45, 7) is 4.46. The lowest BCUT2D eigenvalue weighted by Crippen LogP contribution is -2.47. The number of nitrogens with zero attached hydrogens (tertiary/aromatic N) is 1. The lowest BCUT2D eigenvalue weighted by Gasteiger charge is -2.34. The number of amides is 1. The number of piperidine rings is 1. The Bertz CT molecular complexity index is 459. The zero-order valence-corrected chi connectivity index (χ0v) is 12.5. The third-order valence-corrected chi connectivity index (χ3v) is 3.82. The molecule has 0 aromatic heterocycles. The lowest BCUT2D eigenvalue weighted by molar-refractivity contribution is -0.120. The van der Waals surface area contributed by atoms with Gasteiger partial charge in [0.1, 0.15) is 18.0 Å². The Morgan fingerprint density at radius 2 is 2.19 bits per heavy atom. The SMILES string of the molecule is Cc1cccc(OCCNCC2(F)CCN(C=O)CC2)c1. The van der Waals surface area contributed by atoms with Gasteiger partial charge in [0, 0.05) is 39.0 Å². The number of carbonyl (C=O) groups is 1. The summed E-state index contributed by atoms with van der Waals surface area (Å²) in [5.74, 6) is 0.839. The highest BCUT2D eigenvalue weighted by atomic mass is 19.1. The monoisotopic (exact) mass is 294 g/mol. The highest BCUT2D eigenvalue weighted by molar-refractivity contribution is 5.47. The second kappa shape index (κ2) is 7.41. The van der Waals surface area contributed by atoms with Crippen LogP contribution in [0, 0.1) is 6.92 Å². The summed E-state index contributed by atoms with van der Waals surface area (Å²) in [6.07, 6.45) is 1.59. The Labute approximate surface area is 125 Å². The van der Waals surface area contributed by atoms with Crippen LogP contribution in [0.3, 0.4) is 0 Å². The molecule has 1 saturated heterocycles. The van der Waals surface area contributed by atoms with Crippen LogP contribution in [0.5, 0.6) is 5.75 Å². The average Bonchev–Trinajstić information content (AvgIpc) is 2.48. The summed E-state index contributed by atoms with van der Waals surface area (Å²) < 4.78 is 20.0. The maximum absolute atomic E-state index is 14.4. The van der Waals surface area contributed by atoms with Crippen LogP contribution in [0.2, 0.25) is 0 Å². The topological polar surface area (TPSA) is 41.6 Å². The number of hydrogen-bond acceptors (Lipinski definition) is 3. The molecule has 0 radical (unpaired) electrons. The quantitative estimate of drug-likeness (QED) is 0.617. The molecule has 1 N–H and O–H groups in total. The van der Waals surface area contributed by atoms with Gasteiger partial charge in [0.2, 0.25) is 6.41 Å². The van der Waals surface area contributed by atoms with E-state index >= 15 is 0 Å². The van der Waals surface area contributed by atoms with Gasteiger partial charge in [-0.05, 0) is 24.6 Å². The van der Waals surface area contributed by atoms with E-state index < -0.39 is 5.67 Å². The predicted molar refractivity (Wildman–Crippen MR) is 80.3 cm³/mol. The van der Waals surface area contributed by atoms with Gasteiger partial charge in [-0.15, -0.1) is 0 Å². The van der Waals surface area contributed by atoms with E-state index in [1.165, 1.54) is 0 Å². The summed E-state index contributed by atoms with van der Waals surface area (Å²) in [5, 5.41) is 3.11. The van der Waals surface area contributed by atoms with Crippen molar-refractivity contribution in [3.63, 3.8) is 0 Å². The van der Waals surface area contributed by atoms with Crippen LogP contribution in [0.25, 0.3) is 0 Å². The number of hydrogen-bond donors (Lipinski definition) is 1. The largest absolute Gasteiger partial charge is 0.492 e. The number of halogens is 1. The number of nitrogens with one attached hydrogen (secondary N) is 1. The van der Waals surface area contributed by atoms with Crippen molar-refractivity contribution in [3.8, 4) is 5.75 Å². The number of alkyl halides is 1. The van der Waals surface area contributed by atoms with Crippen LogP contribution in [0.1, 0.15) is 18.4 Å². The summed E-state index contributed by atoms with van der Waals surface area (Å²) >= 11 is 0. The molecule has 0 bridgehead atoms. The molecule has 0 atom stereocenters. The Hall–Kier alpha value is -1.62. The first kappa shape index (κ1) is 15.8. The third-order valence-electron chi connectivity index (χ3n) is 3.82. The standard InChI is InChI=1S/C16H23FN2O2/c1-14-3-2-4-15(11-14)21-10-7-18-12-16(17)5-8-19(13-20)9-6-16/h2-4,11,13,18H,5-10,12H2,1H3. The van der Waals surface area contributed by atoms with Crippen LogP contribution >= 0.6 is 0 Å². The van der Waals surface area contributed by atoms with Crippen molar-refractivity contribution in [1.82, 2.24) is 10.2 Å². The predicted octanol–water partition coefficient (Wildman–Crippen LogP) is 1.92.